The topological polar surface area (TPSA) is 35.6 Å². The number of hydrogen-bond donors (Lipinski definition) is 1. The van der Waals surface area contributed by atoms with Gasteiger partial charge in [-0.25, -0.2) is 0 Å². The molecule has 0 aliphatic carbocycles. The maximum Gasteiger partial charge on any atom is 0.236 e. The second-order valence-electron chi connectivity index (χ2n) is 3.86. The lowest BCUT2D eigenvalue weighted by Gasteiger charge is -2.29. The second kappa shape index (κ2) is 7.12. The fraction of sp³-hybridized carbons (Fsp3) is 0.700. The summed E-state index contributed by atoms with van der Waals surface area (Å²) in [6, 6.07) is 0. The zero-order valence-corrected chi connectivity index (χ0v) is 10.9. The van der Waals surface area contributed by atoms with Crippen molar-refractivity contribution in [1.82, 2.24) is 15.1 Å². The van der Waals surface area contributed by atoms with E-state index < -0.39 is 0 Å². The van der Waals surface area contributed by atoms with Crippen LogP contribution in [0.25, 0.3) is 0 Å². The number of hydrogen-bond acceptors (Lipinski definition) is 3. The van der Waals surface area contributed by atoms with E-state index in [0.29, 0.717) is 18.1 Å². The standard InChI is InChI=1S/C10H17Cl2N3O/c1-14(7-9(12)6-11)8-10(16)15-4-2-13-3-5-15/h6,13H,2-5,7-8H2,1H3. The van der Waals surface area contributed by atoms with Crippen LogP contribution in [0.15, 0.2) is 10.6 Å². The lowest BCUT2D eigenvalue weighted by atomic mass is 10.3. The van der Waals surface area contributed by atoms with Gasteiger partial charge in [0.05, 0.1) is 6.54 Å². The Labute approximate surface area is 106 Å². The second-order valence-corrected chi connectivity index (χ2v) is 4.56. The fourth-order valence-electron chi connectivity index (χ4n) is 1.59. The predicted octanol–water partition coefficient (Wildman–Crippen LogP) is 0.669. The zero-order chi connectivity index (χ0) is 12.0. The van der Waals surface area contributed by atoms with Gasteiger partial charge in [0, 0.05) is 43.3 Å². The number of carbonyl (C=O) groups is 1. The Hall–Kier alpha value is -0.290. The van der Waals surface area contributed by atoms with Crippen molar-refractivity contribution in [2.45, 2.75) is 0 Å². The monoisotopic (exact) mass is 265 g/mol. The molecule has 0 aromatic rings. The minimum atomic E-state index is 0.142. The highest BCUT2D eigenvalue weighted by atomic mass is 35.5. The van der Waals surface area contributed by atoms with Crippen molar-refractivity contribution in [3.05, 3.63) is 10.6 Å². The van der Waals surface area contributed by atoms with Gasteiger partial charge in [-0.05, 0) is 7.05 Å². The highest BCUT2D eigenvalue weighted by Crippen LogP contribution is 2.05. The summed E-state index contributed by atoms with van der Waals surface area (Å²) in [5.74, 6) is 0.142. The van der Waals surface area contributed by atoms with Gasteiger partial charge in [-0.2, -0.15) is 0 Å². The summed E-state index contributed by atoms with van der Waals surface area (Å²) in [5.41, 5.74) is 1.33. The van der Waals surface area contributed by atoms with E-state index in [-0.39, 0.29) is 5.91 Å². The van der Waals surface area contributed by atoms with Crippen LogP contribution in [-0.4, -0.2) is 62.0 Å². The van der Waals surface area contributed by atoms with E-state index >= 15 is 0 Å². The molecule has 1 aliphatic heterocycles. The lowest BCUT2D eigenvalue weighted by Crippen LogP contribution is -2.49. The maximum atomic E-state index is 11.8. The molecule has 1 heterocycles. The average molecular weight is 266 g/mol. The van der Waals surface area contributed by atoms with Crippen LogP contribution in [0.5, 0.6) is 0 Å². The zero-order valence-electron chi connectivity index (χ0n) is 9.38. The molecule has 4 nitrogen and oxygen atoms in total. The molecular formula is C10H17Cl2N3O. The Morgan fingerprint density at radius 3 is 2.62 bits per heavy atom. The summed E-state index contributed by atoms with van der Waals surface area (Å²) in [6.07, 6.45) is 0. The predicted molar refractivity (Wildman–Crippen MR) is 66.7 cm³/mol. The van der Waals surface area contributed by atoms with Crippen molar-refractivity contribution < 1.29 is 4.79 Å². The highest BCUT2D eigenvalue weighted by molar-refractivity contribution is 6.36. The minimum absolute atomic E-state index is 0.142. The number of carbonyl (C=O) groups excluding carboxylic acids is 1. The average Bonchev–Trinajstić information content (AvgIpc) is 2.29. The summed E-state index contributed by atoms with van der Waals surface area (Å²) >= 11 is 11.2. The molecule has 0 unspecified atom stereocenters. The molecule has 16 heavy (non-hydrogen) atoms. The normalized spacial score (nSPS) is 18.0. The molecule has 1 N–H and O–H groups in total. The summed E-state index contributed by atoms with van der Waals surface area (Å²) in [4.78, 5) is 15.6. The third-order valence-electron chi connectivity index (χ3n) is 2.41. The maximum absolute atomic E-state index is 11.8. The summed E-state index contributed by atoms with van der Waals surface area (Å²) < 4.78 is 0. The van der Waals surface area contributed by atoms with E-state index in [9.17, 15) is 4.79 Å². The third kappa shape index (κ3) is 4.70. The van der Waals surface area contributed by atoms with Gasteiger partial charge in [0.2, 0.25) is 5.91 Å². The molecule has 1 rings (SSSR count). The van der Waals surface area contributed by atoms with Gasteiger partial charge >= 0.3 is 0 Å². The molecule has 0 radical (unpaired) electrons. The minimum Gasteiger partial charge on any atom is -0.339 e. The van der Waals surface area contributed by atoms with Crippen molar-refractivity contribution in [2.75, 3.05) is 46.3 Å². The molecule has 0 atom stereocenters. The van der Waals surface area contributed by atoms with Gasteiger partial charge in [0.25, 0.3) is 0 Å². The molecule has 1 fully saturated rings. The third-order valence-corrected chi connectivity index (χ3v) is 3.02. The van der Waals surface area contributed by atoms with Crippen LogP contribution in [0.4, 0.5) is 0 Å². The Kier molecular flexibility index (Phi) is 6.13. The molecule has 0 bridgehead atoms. The van der Waals surface area contributed by atoms with Gasteiger partial charge in [0.15, 0.2) is 0 Å². The fourth-order valence-corrected chi connectivity index (χ4v) is 1.87. The lowest BCUT2D eigenvalue weighted by molar-refractivity contribution is -0.132. The van der Waals surface area contributed by atoms with Crippen LogP contribution < -0.4 is 5.32 Å². The van der Waals surface area contributed by atoms with Crippen molar-refractivity contribution in [3.8, 4) is 0 Å². The Bertz CT molecular complexity index is 265. The van der Waals surface area contributed by atoms with Crippen LogP contribution in [0.1, 0.15) is 0 Å². The molecule has 1 saturated heterocycles. The number of likely N-dealkylation sites (N-methyl/N-ethyl adjacent to an activating group) is 1. The van der Waals surface area contributed by atoms with E-state index in [1.54, 1.807) is 0 Å². The Morgan fingerprint density at radius 2 is 2.06 bits per heavy atom. The van der Waals surface area contributed by atoms with Crippen LogP contribution in [0.2, 0.25) is 0 Å². The van der Waals surface area contributed by atoms with E-state index in [0.717, 1.165) is 26.2 Å². The SMILES string of the molecule is CN(CC(=O)N1CCNCC1)CC(Cl)=CCl. The Morgan fingerprint density at radius 1 is 1.44 bits per heavy atom. The molecule has 92 valence electrons. The largest absolute Gasteiger partial charge is 0.339 e. The number of piperazine rings is 1. The van der Waals surface area contributed by atoms with E-state index in [1.165, 1.54) is 5.54 Å². The quantitative estimate of drug-likeness (QED) is 0.812. The first kappa shape index (κ1) is 13.8. The molecule has 6 heteroatoms. The van der Waals surface area contributed by atoms with E-state index in [2.05, 4.69) is 5.32 Å². The van der Waals surface area contributed by atoms with Gasteiger partial charge in [-0.1, -0.05) is 23.2 Å². The Balaban J connectivity index is 2.32. The first-order chi connectivity index (χ1) is 7.63. The number of amides is 1. The van der Waals surface area contributed by atoms with Crippen molar-refractivity contribution >= 4 is 29.1 Å². The van der Waals surface area contributed by atoms with E-state index in [1.807, 2.05) is 16.8 Å². The summed E-state index contributed by atoms with van der Waals surface area (Å²) in [7, 11) is 1.85. The van der Waals surface area contributed by atoms with Crippen LogP contribution in [0, 0.1) is 0 Å². The van der Waals surface area contributed by atoms with Gasteiger partial charge in [0.1, 0.15) is 0 Å². The van der Waals surface area contributed by atoms with Gasteiger partial charge < -0.3 is 10.2 Å². The highest BCUT2D eigenvalue weighted by Gasteiger charge is 2.17. The van der Waals surface area contributed by atoms with Gasteiger partial charge in [-0.15, -0.1) is 0 Å². The number of rotatable bonds is 4. The molecule has 1 amide bonds. The molecule has 1 aliphatic rings. The van der Waals surface area contributed by atoms with Crippen molar-refractivity contribution in [2.24, 2.45) is 0 Å². The number of nitrogens with one attached hydrogen (secondary N) is 1. The molecule has 0 aromatic carbocycles. The summed E-state index contributed by atoms with van der Waals surface area (Å²) in [5, 5.41) is 3.75. The number of nitrogens with zero attached hydrogens (tertiary/aromatic N) is 2. The van der Waals surface area contributed by atoms with Crippen molar-refractivity contribution in [1.29, 1.82) is 0 Å². The van der Waals surface area contributed by atoms with Crippen LogP contribution in [-0.2, 0) is 4.79 Å². The molecule has 0 saturated carbocycles. The van der Waals surface area contributed by atoms with Crippen LogP contribution >= 0.6 is 23.2 Å². The van der Waals surface area contributed by atoms with E-state index in [4.69, 9.17) is 23.2 Å². The van der Waals surface area contributed by atoms with Crippen LogP contribution in [0.3, 0.4) is 0 Å². The van der Waals surface area contributed by atoms with Gasteiger partial charge in [-0.3, -0.25) is 9.69 Å². The smallest absolute Gasteiger partial charge is 0.236 e. The molecule has 0 spiro atoms. The molecule has 0 aromatic heterocycles. The summed E-state index contributed by atoms with van der Waals surface area (Å²) in [6.45, 7) is 4.19. The first-order valence-electron chi connectivity index (χ1n) is 5.25. The number of halogens is 2. The molecular weight excluding hydrogens is 249 g/mol. The first-order valence-corrected chi connectivity index (χ1v) is 6.06. The van der Waals surface area contributed by atoms with Crippen molar-refractivity contribution in [3.63, 3.8) is 0 Å².